The van der Waals surface area contributed by atoms with Crippen LogP contribution in [0.1, 0.15) is 39.9 Å². The Labute approximate surface area is 240 Å². The van der Waals surface area contributed by atoms with E-state index in [1.54, 1.807) is 11.1 Å². The molecule has 1 aromatic heterocycles. The molecule has 0 aliphatic carbocycles. The molecule has 6 heteroatoms. The summed E-state index contributed by atoms with van der Waals surface area (Å²) in [5, 5.41) is 0.864. The number of nitrogens with zero attached hydrogens (tertiary/aromatic N) is 2. The predicted molar refractivity (Wildman–Crippen MR) is 162 cm³/mol. The van der Waals surface area contributed by atoms with Crippen LogP contribution in [0.2, 0.25) is 0 Å². The van der Waals surface area contributed by atoms with Gasteiger partial charge in [-0.15, -0.1) is 0 Å². The van der Waals surface area contributed by atoms with Gasteiger partial charge in [0.05, 0.1) is 6.04 Å². The molecule has 1 amide bonds. The summed E-state index contributed by atoms with van der Waals surface area (Å²) in [6, 6.07) is 36.1. The molecule has 0 bridgehead atoms. The van der Waals surface area contributed by atoms with E-state index in [9.17, 15) is 9.59 Å². The Kier molecular flexibility index (Phi) is 7.81. The number of benzene rings is 4. The molecule has 4 aromatic carbocycles. The molecule has 5 aromatic rings. The van der Waals surface area contributed by atoms with E-state index in [-0.39, 0.29) is 12.4 Å². The predicted octanol–water partition coefficient (Wildman–Crippen LogP) is 7.36. The number of fused-ring (bicyclic) bond motifs is 1. The molecule has 1 fully saturated rings. The summed E-state index contributed by atoms with van der Waals surface area (Å²) in [6.45, 7) is 2.17. The molecular weight excluding hydrogens is 510 g/mol. The van der Waals surface area contributed by atoms with Crippen molar-refractivity contribution in [3.8, 4) is 0 Å². The monoisotopic (exact) mass is 543 g/mol. The van der Waals surface area contributed by atoms with Gasteiger partial charge < -0.3 is 14.6 Å². The first kappa shape index (κ1) is 26.4. The van der Waals surface area contributed by atoms with Crippen molar-refractivity contribution in [3.63, 3.8) is 0 Å². The zero-order valence-electron chi connectivity index (χ0n) is 22.9. The average Bonchev–Trinajstić information content (AvgIpc) is 3.68. The highest BCUT2D eigenvalue weighted by molar-refractivity contribution is 6.11. The smallest absolute Gasteiger partial charge is 0.410 e. The van der Waals surface area contributed by atoms with Crippen molar-refractivity contribution < 1.29 is 14.3 Å². The maximum Gasteiger partial charge on any atom is 0.410 e. The lowest BCUT2D eigenvalue weighted by atomic mass is 10.0. The number of Topliss-reactive ketones (excluding diaryl/α,β-unsaturated/α-hetero) is 1. The van der Waals surface area contributed by atoms with Gasteiger partial charge in [0.2, 0.25) is 0 Å². The van der Waals surface area contributed by atoms with Gasteiger partial charge in [0, 0.05) is 48.0 Å². The highest BCUT2D eigenvalue weighted by atomic mass is 16.6. The summed E-state index contributed by atoms with van der Waals surface area (Å²) in [4.78, 5) is 34.1. The molecule has 1 unspecified atom stereocenters. The molecule has 1 N–H and O–H groups in total. The minimum atomic E-state index is -0.536. The fourth-order valence-electron chi connectivity index (χ4n) is 5.59. The quantitative estimate of drug-likeness (QED) is 0.197. The van der Waals surface area contributed by atoms with Crippen LogP contribution in [0.15, 0.2) is 115 Å². The summed E-state index contributed by atoms with van der Waals surface area (Å²) in [7, 11) is 0. The highest BCUT2D eigenvalue weighted by Crippen LogP contribution is 2.30. The Hall–Kier alpha value is -4.84. The van der Waals surface area contributed by atoms with Crippen LogP contribution in [0.4, 0.5) is 10.5 Å². The molecule has 206 valence electrons. The van der Waals surface area contributed by atoms with E-state index in [0.717, 1.165) is 41.7 Å². The molecular formula is C35H33N3O3. The molecule has 41 heavy (non-hydrogen) atoms. The normalized spacial score (nSPS) is 14.7. The number of amides is 1. The topological polar surface area (TPSA) is 65.6 Å². The third-order valence-corrected chi connectivity index (χ3v) is 7.72. The number of hydrogen-bond acceptors (Lipinski definition) is 4. The molecule has 1 atom stereocenters. The Morgan fingerprint density at radius 1 is 0.805 bits per heavy atom. The fourth-order valence-corrected chi connectivity index (χ4v) is 5.59. The van der Waals surface area contributed by atoms with E-state index in [1.165, 1.54) is 11.1 Å². The second-order valence-electron chi connectivity index (χ2n) is 10.5. The maximum atomic E-state index is 13.9. The first-order valence-corrected chi connectivity index (χ1v) is 14.1. The van der Waals surface area contributed by atoms with E-state index < -0.39 is 12.1 Å². The first-order valence-electron chi connectivity index (χ1n) is 14.1. The molecule has 6 nitrogen and oxygen atoms in total. The van der Waals surface area contributed by atoms with Crippen molar-refractivity contribution in [1.29, 1.82) is 0 Å². The molecule has 0 radical (unpaired) electrons. The van der Waals surface area contributed by atoms with Crippen LogP contribution in [-0.2, 0) is 24.4 Å². The van der Waals surface area contributed by atoms with Crippen molar-refractivity contribution in [2.45, 2.75) is 38.6 Å². The standard InChI is InChI=1S/C35H33N3O3/c39-34(33-17-10-20-38(33)35(40)41-25-28-15-8-3-9-16-28)31-22-36-32-19-18-29(21-30(31)32)37(23-26-11-4-1-5-12-26)24-27-13-6-2-7-14-27/h1-9,11-16,18-19,21-22,33,36H,10,17,20,23-25H2. The van der Waals surface area contributed by atoms with Gasteiger partial charge in [-0.2, -0.15) is 0 Å². The summed E-state index contributed by atoms with van der Waals surface area (Å²) in [5.74, 6) is -0.0553. The third-order valence-electron chi connectivity index (χ3n) is 7.72. The van der Waals surface area contributed by atoms with Crippen LogP contribution >= 0.6 is 0 Å². The number of ketones is 1. The van der Waals surface area contributed by atoms with Crippen LogP contribution in [0.25, 0.3) is 10.9 Å². The number of likely N-dealkylation sites (tertiary alicyclic amines) is 1. The minimum absolute atomic E-state index is 0.0553. The van der Waals surface area contributed by atoms with Crippen molar-refractivity contribution in [3.05, 3.63) is 138 Å². The van der Waals surface area contributed by atoms with Crippen LogP contribution in [0.3, 0.4) is 0 Å². The maximum absolute atomic E-state index is 13.9. The van der Waals surface area contributed by atoms with Gasteiger partial charge in [-0.3, -0.25) is 9.69 Å². The van der Waals surface area contributed by atoms with E-state index in [1.807, 2.05) is 48.5 Å². The number of carbonyl (C=O) groups is 2. The number of ether oxygens (including phenoxy) is 1. The lowest BCUT2D eigenvalue weighted by Gasteiger charge is -2.26. The van der Waals surface area contributed by atoms with E-state index in [0.29, 0.717) is 18.5 Å². The van der Waals surface area contributed by atoms with Gasteiger partial charge in [-0.25, -0.2) is 4.79 Å². The van der Waals surface area contributed by atoms with Crippen molar-refractivity contribution >= 4 is 28.5 Å². The summed E-state index contributed by atoms with van der Waals surface area (Å²) >= 11 is 0. The van der Waals surface area contributed by atoms with Crippen LogP contribution in [-0.4, -0.2) is 34.3 Å². The van der Waals surface area contributed by atoms with Gasteiger partial charge >= 0.3 is 6.09 Å². The molecule has 1 aliphatic heterocycles. The van der Waals surface area contributed by atoms with Crippen LogP contribution < -0.4 is 4.90 Å². The van der Waals surface area contributed by atoms with E-state index >= 15 is 0 Å². The van der Waals surface area contributed by atoms with Gasteiger partial charge in [-0.1, -0.05) is 91.0 Å². The molecule has 1 saturated heterocycles. The largest absolute Gasteiger partial charge is 0.445 e. The lowest BCUT2D eigenvalue weighted by molar-refractivity contribution is 0.0739. The number of carbonyl (C=O) groups excluding carboxylic acids is 2. The van der Waals surface area contributed by atoms with E-state index in [2.05, 4.69) is 70.5 Å². The summed E-state index contributed by atoms with van der Waals surface area (Å²) in [6.07, 6.45) is 2.73. The van der Waals surface area contributed by atoms with Gasteiger partial charge in [0.15, 0.2) is 5.78 Å². The van der Waals surface area contributed by atoms with Crippen molar-refractivity contribution in [2.24, 2.45) is 0 Å². The summed E-state index contributed by atoms with van der Waals surface area (Å²) in [5.41, 5.74) is 5.88. The molecule has 1 aliphatic rings. The van der Waals surface area contributed by atoms with Crippen molar-refractivity contribution in [2.75, 3.05) is 11.4 Å². The zero-order chi connectivity index (χ0) is 28.0. The van der Waals surface area contributed by atoms with Gasteiger partial charge in [0.1, 0.15) is 6.61 Å². The second kappa shape index (κ2) is 12.1. The van der Waals surface area contributed by atoms with Crippen molar-refractivity contribution in [1.82, 2.24) is 9.88 Å². The Balaban J connectivity index is 1.25. The number of anilines is 1. The first-order chi connectivity index (χ1) is 20.2. The van der Waals surface area contributed by atoms with Gasteiger partial charge in [-0.05, 0) is 47.7 Å². The third kappa shape index (κ3) is 6.02. The molecule has 0 spiro atoms. The number of nitrogens with one attached hydrogen (secondary N) is 1. The number of aromatic amines is 1. The Morgan fingerprint density at radius 3 is 2.05 bits per heavy atom. The number of aromatic nitrogens is 1. The number of H-pyrrole nitrogens is 1. The average molecular weight is 544 g/mol. The minimum Gasteiger partial charge on any atom is -0.445 e. The SMILES string of the molecule is O=C(c1c[nH]c2ccc(N(Cc3ccccc3)Cc3ccccc3)cc12)C1CCCN1C(=O)OCc1ccccc1. The van der Waals surface area contributed by atoms with Gasteiger partial charge in [0.25, 0.3) is 0 Å². The summed E-state index contributed by atoms with van der Waals surface area (Å²) < 4.78 is 5.58. The van der Waals surface area contributed by atoms with E-state index in [4.69, 9.17) is 4.74 Å². The lowest BCUT2D eigenvalue weighted by Crippen LogP contribution is -2.40. The Bertz CT molecular complexity index is 1570. The molecule has 0 saturated carbocycles. The second-order valence-corrected chi connectivity index (χ2v) is 10.5. The fraction of sp³-hybridized carbons (Fsp3) is 0.200. The molecule has 6 rings (SSSR count). The highest BCUT2D eigenvalue weighted by Gasteiger charge is 2.36. The Morgan fingerprint density at radius 2 is 1.41 bits per heavy atom. The zero-order valence-corrected chi connectivity index (χ0v) is 22.9. The van der Waals surface area contributed by atoms with Crippen LogP contribution in [0.5, 0.6) is 0 Å². The number of rotatable bonds is 9. The molecule has 2 heterocycles. The van der Waals surface area contributed by atoms with Crippen LogP contribution in [0, 0.1) is 0 Å². The number of hydrogen-bond donors (Lipinski definition) is 1.